The Morgan fingerprint density at radius 1 is 1.28 bits per heavy atom. The monoisotopic (exact) mass is 253 g/mol. The van der Waals surface area contributed by atoms with Crippen LogP contribution in [0.15, 0.2) is 0 Å². The first-order chi connectivity index (χ1) is 8.75. The van der Waals surface area contributed by atoms with Crippen molar-refractivity contribution in [3.8, 4) is 0 Å². The van der Waals surface area contributed by atoms with Crippen molar-refractivity contribution in [1.82, 2.24) is 15.5 Å². The number of hydrogen-bond donors (Lipinski definition) is 2. The van der Waals surface area contributed by atoms with Gasteiger partial charge in [-0.3, -0.25) is 9.59 Å². The van der Waals surface area contributed by atoms with Gasteiger partial charge in [0.25, 0.3) is 0 Å². The molecule has 18 heavy (non-hydrogen) atoms. The predicted molar refractivity (Wildman–Crippen MR) is 69.1 cm³/mol. The van der Waals surface area contributed by atoms with Gasteiger partial charge in [0.15, 0.2) is 0 Å². The molecule has 1 saturated carbocycles. The molecule has 0 atom stereocenters. The summed E-state index contributed by atoms with van der Waals surface area (Å²) < 4.78 is 0. The molecule has 5 nitrogen and oxygen atoms in total. The smallest absolute Gasteiger partial charge is 0.239 e. The Balaban J connectivity index is 1.76. The summed E-state index contributed by atoms with van der Waals surface area (Å²) >= 11 is 0. The second-order valence-electron chi connectivity index (χ2n) is 5.25. The van der Waals surface area contributed by atoms with E-state index in [0.717, 1.165) is 25.8 Å². The van der Waals surface area contributed by atoms with E-state index in [1.165, 1.54) is 19.3 Å². The van der Waals surface area contributed by atoms with Crippen LogP contribution in [0.4, 0.5) is 0 Å². The maximum absolute atomic E-state index is 11.9. The number of hydrogen-bond acceptors (Lipinski definition) is 3. The van der Waals surface area contributed by atoms with E-state index in [-0.39, 0.29) is 18.4 Å². The van der Waals surface area contributed by atoms with Crippen LogP contribution in [0.2, 0.25) is 0 Å². The first-order valence-electron chi connectivity index (χ1n) is 7.03. The van der Waals surface area contributed by atoms with Crippen molar-refractivity contribution >= 4 is 11.8 Å². The Kier molecular flexibility index (Phi) is 4.99. The third kappa shape index (κ3) is 3.98. The van der Waals surface area contributed by atoms with Crippen molar-refractivity contribution in [2.75, 3.05) is 26.2 Å². The van der Waals surface area contributed by atoms with Gasteiger partial charge in [-0.2, -0.15) is 0 Å². The van der Waals surface area contributed by atoms with E-state index in [9.17, 15) is 9.59 Å². The molecule has 0 radical (unpaired) electrons. The van der Waals surface area contributed by atoms with Crippen LogP contribution in [0, 0.1) is 0 Å². The number of carbonyl (C=O) groups is 2. The SMILES string of the molecule is O=C(CN1CCCNCC1=O)NC1CCCCC1. The van der Waals surface area contributed by atoms with E-state index >= 15 is 0 Å². The van der Waals surface area contributed by atoms with Crippen LogP contribution >= 0.6 is 0 Å². The van der Waals surface area contributed by atoms with Gasteiger partial charge in [0.2, 0.25) is 11.8 Å². The van der Waals surface area contributed by atoms with Crippen molar-refractivity contribution in [1.29, 1.82) is 0 Å². The van der Waals surface area contributed by atoms with Gasteiger partial charge in [-0.05, 0) is 25.8 Å². The summed E-state index contributed by atoms with van der Waals surface area (Å²) in [5.41, 5.74) is 0. The third-order valence-corrected chi connectivity index (χ3v) is 3.72. The quantitative estimate of drug-likeness (QED) is 0.758. The molecule has 0 spiro atoms. The maximum atomic E-state index is 11.9. The van der Waals surface area contributed by atoms with Crippen molar-refractivity contribution in [2.24, 2.45) is 0 Å². The Labute approximate surface area is 108 Å². The highest BCUT2D eigenvalue weighted by Gasteiger charge is 2.21. The summed E-state index contributed by atoms with van der Waals surface area (Å²) in [4.78, 5) is 25.3. The van der Waals surface area contributed by atoms with E-state index in [1.807, 2.05) is 0 Å². The molecule has 0 aromatic carbocycles. The molecule has 0 bridgehead atoms. The molecular formula is C13H23N3O2. The lowest BCUT2D eigenvalue weighted by Gasteiger charge is -2.25. The lowest BCUT2D eigenvalue weighted by atomic mass is 9.95. The van der Waals surface area contributed by atoms with E-state index < -0.39 is 0 Å². The molecule has 2 fully saturated rings. The lowest BCUT2D eigenvalue weighted by Crippen LogP contribution is -2.45. The molecule has 1 heterocycles. The highest BCUT2D eigenvalue weighted by atomic mass is 16.2. The minimum absolute atomic E-state index is 0.00264. The molecular weight excluding hydrogens is 230 g/mol. The Hall–Kier alpha value is -1.10. The molecule has 1 saturated heterocycles. The summed E-state index contributed by atoms with van der Waals surface area (Å²) in [5, 5.41) is 6.11. The van der Waals surface area contributed by atoms with Crippen LogP contribution in [0.25, 0.3) is 0 Å². The van der Waals surface area contributed by atoms with Gasteiger partial charge < -0.3 is 15.5 Å². The molecule has 2 amide bonds. The second-order valence-corrected chi connectivity index (χ2v) is 5.25. The fourth-order valence-electron chi connectivity index (χ4n) is 2.69. The minimum atomic E-state index is -0.00264. The van der Waals surface area contributed by atoms with Crippen molar-refractivity contribution in [3.05, 3.63) is 0 Å². The molecule has 0 unspecified atom stereocenters. The first-order valence-corrected chi connectivity index (χ1v) is 7.03. The summed E-state index contributed by atoms with van der Waals surface area (Å²) in [7, 11) is 0. The van der Waals surface area contributed by atoms with Gasteiger partial charge >= 0.3 is 0 Å². The lowest BCUT2D eigenvalue weighted by molar-refractivity contribution is -0.135. The molecule has 2 rings (SSSR count). The number of carbonyl (C=O) groups excluding carboxylic acids is 2. The van der Waals surface area contributed by atoms with Crippen molar-refractivity contribution in [2.45, 2.75) is 44.6 Å². The van der Waals surface area contributed by atoms with Crippen LogP contribution in [0.3, 0.4) is 0 Å². The normalized spacial score (nSPS) is 22.7. The average Bonchev–Trinajstić information content (AvgIpc) is 2.56. The van der Waals surface area contributed by atoms with Gasteiger partial charge in [0.1, 0.15) is 0 Å². The average molecular weight is 253 g/mol. The Bertz CT molecular complexity index is 301. The zero-order valence-electron chi connectivity index (χ0n) is 10.9. The van der Waals surface area contributed by atoms with Gasteiger partial charge in [-0.25, -0.2) is 0 Å². The molecule has 2 aliphatic rings. The fraction of sp³-hybridized carbons (Fsp3) is 0.846. The number of rotatable bonds is 3. The van der Waals surface area contributed by atoms with E-state index in [2.05, 4.69) is 10.6 Å². The summed E-state index contributed by atoms with van der Waals surface area (Å²) in [6.07, 6.45) is 6.78. The zero-order valence-corrected chi connectivity index (χ0v) is 10.9. The fourth-order valence-corrected chi connectivity index (χ4v) is 2.69. The molecule has 1 aliphatic heterocycles. The zero-order chi connectivity index (χ0) is 12.8. The van der Waals surface area contributed by atoms with Crippen LogP contribution in [-0.4, -0.2) is 48.9 Å². The number of nitrogens with zero attached hydrogens (tertiary/aromatic N) is 1. The number of nitrogens with one attached hydrogen (secondary N) is 2. The molecule has 1 aliphatic carbocycles. The highest BCUT2D eigenvalue weighted by Crippen LogP contribution is 2.17. The van der Waals surface area contributed by atoms with Crippen LogP contribution in [-0.2, 0) is 9.59 Å². The summed E-state index contributed by atoms with van der Waals surface area (Å²) in [6, 6.07) is 0.325. The molecule has 2 N–H and O–H groups in total. The number of amides is 2. The van der Waals surface area contributed by atoms with Gasteiger partial charge in [0.05, 0.1) is 13.1 Å². The van der Waals surface area contributed by atoms with Gasteiger partial charge in [-0.15, -0.1) is 0 Å². The first kappa shape index (κ1) is 13.3. The molecule has 0 aromatic heterocycles. The Morgan fingerprint density at radius 2 is 2.06 bits per heavy atom. The molecule has 5 heteroatoms. The van der Waals surface area contributed by atoms with Crippen LogP contribution in [0.1, 0.15) is 38.5 Å². The third-order valence-electron chi connectivity index (χ3n) is 3.72. The standard InChI is InChI=1S/C13H23N3O2/c17-12(15-11-5-2-1-3-6-11)10-16-8-4-7-14-9-13(16)18/h11,14H,1-10H2,(H,15,17). The van der Waals surface area contributed by atoms with E-state index in [0.29, 0.717) is 19.1 Å². The van der Waals surface area contributed by atoms with Crippen molar-refractivity contribution < 1.29 is 9.59 Å². The predicted octanol–water partition coefficient (Wildman–Crippen LogP) is 0.257. The second kappa shape index (κ2) is 6.73. The van der Waals surface area contributed by atoms with E-state index in [1.54, 1.807) is 4.90 Å². The Morgan fingerprint density at radius 3 is 2.83 bits per heavy atom. The highest BCUT2D eigenvalue weighted by molar-refractivity contribution is 5.86. The largest absolute Gasteiger partial charge is 0.352 e. The molecule has 102 valence electrons. The van der Waals surface area contributed by atoms with Crippen LogP contribution < -0.4 is 10.6 Å². The molecule has 0 aromatic rings. The summed E-state index contributed by atoms with van der Waals surface area (Å²) in [5.74, 6) is 0.0310. The topological polar surface area (TPSA) is 61.4 Å². The van der Waals surface area contributed by atoms with Crippen LogP contribution in [0.5, 0.6) is 0 Å². The minimum Gasteiger partial charge on any atom is -0.352 e. The van der Waals surface area contributed by atoms with Gasteiger partial charge in [0, 0.05) is 12.6 Å². The van der Waals surface area contributed by atoms with Gasteiger partial charge in [-0.1, -0.05) is 19.3 Å². The van der Waals surface area contributed by atoms with Crippen molar-refractivity contribution in [3.63, 3.8) is 0 Å². The maximum Gasteiger partial charge on any atom is 0.239 e. The van der Waals surface area contributed by atoms with E-state index in [4.69, 9.17) is 0 Å². The summed E-state index contributed by atoms with van der Waals surface area (Å²) in [6.45, 7) is 2.12.